The number of nitrogens with one attached hydrogen (secondary N) is 1. The zero-order chi connectivity index (χ0) is 23.9. The van der Waals surface area contributed by atoms with Crippen LogP contribution < -0.4 is 20.9 Å². The van der Waals surface area contributed by atoms with Gasteiger partial charge in [0.25, 0.3) is 5.56 Å². The number of likely N-dealkylation sites (N-methyl/N-ethyl adjacent to an activating group) is 1. The average molecular weight is 461 g/mol. The maximum atomic E-state index is 13.0. The van der Waals surface area contributed by atoms with Gasteiger partial charge in [0.2, 0.25) is 0 Å². The fourth-order valence-electron chi connectivity index (χ4n) is 4.45. The number of aromatic nitrogens is 2. The van der Waals surface area contributed by atoms with Crippen LogP contribution in [-0.4, -0.2) is 36.5 Å². The second-order valence-electron chi connectivity index (χ2n) is 8.85. The zero-order valence-corrected chi connectivity index (χ0v) is 19.9. The summed E-state index contributed by atoms with van der Waals surface area (Å²) >= 11 is 0. The van der Waals surface area contributed by atoms with Crippen molar-refractivity contribution in [2.45, 2.75) is 38.6 Å². The lowest BCUT2D eigenvalue weighted by Gasteiger charge is -2.22. The van der Waals surface area contributed by atoms with Crippen molar-refractivity contribution in [1.82, 2.24) is 9.55 Å². The third-order valence-corrected chi connectivity index (χ3v) is 6.31. The van der Waals surface area contributed by atoms with Gasteiger partial charge >= 0.3 is 5.69 Å². The summed E-state index contributed by atoms with van der Waals surface area (Å²) in [5.74, 6) is 1.52. The van der Waals surface area contributed by atoms with Crippen LogP contribution in [0, 0.1) is 5.92 Å². The van der Waals surface area contributed by atoms with E-state index in [0.29, 0.717) is 30.5 Å². The molecule has 1 saturated carbocycles. The van der Waals surface area contributed by atoms with Crippen molar-refractivity contribution >= 4 is 17.7 Å². The van der Waals surface area contributed by atoms with Crippen LogP contribution in [0.4, 0.5) is 11.5 Å². The second kappa shape index (κ2) is 11.0. The van der Waals surface area contributed by atoms with E-state index in [1.54, 1.807) is 11.7 Å². The highest BCUT2D eigenvalue weighted by molar-refractivity contribution is 5.72. The minimum atomic E-state index is -0.465. The van der Waals surface area contributed by atoms with Gasteiger partial charge in [0.15, 0.2) is 5.82 Å². The van der Waals surface area contributed by atoms with E-state index in [9.17, 15) is 9.59 Å². The quantitative estimate of drug-likeness (QED) is 0.594. The molecule has 1 heterocycles. The van der Waals surface area contributed by atoms with E-state index in [-0.39, 0.29) is 0 Å². The molecule has 34 heavy (non-hydrogen) atoms. The van der Waals surface area contributed by atoms with Crippen molar-refractivity contribution in [3.8, 4) is 5.75 Å². The smallest absolute Gasteiger partial charge is 0.330 e. The number of nitrogens with zero attached hydrogens (tertiary/aromatic N) is 3. The molecule has 4 rings (SSSR count). The number of ether oxygens (including phenoxy) is 1. The van der Waals surface area contributed by atoms with E-state index in [2.05, 4.69) is 23.2 Å². The van der Waals surface area contributed by atoms with Crippen LogP contribution in [-0.2, 0) is 6.54 Å². The first-order valence-corrected chi connectivity index (χ1v) is 11.8. The predicted molar refractivity (Wildman–Crippen MR) is 138 cm³/mol. The lowest BCUT2D eigenvalue weighted by Crippen LogP contribution is -2.36. The molecule has 0 unspecified atom stereocenters. The standard InChI is InChI=1S/C27H32N4O3/c1-30(18-21-11-5-3-4-6-12-21)24-25(28-17-20-9-7-8-10-20)31(27(33)29-26(24)32)19-22-13-15-23(34-2)16-14-22/h3,5-6,11-17,20H,4,7-10,18-19H2,1-2H3,(H,29,32,33)/b28-17+. The Morgan fingerprint density at radius 1 is 1.18 bits per heavy atom. The highest BCUT2D eigenvalue weighted by atomic mass is 16.5. The molecule has 2 aromatic rings. The number of methoxy groups -OCH3 is 1. The maximum Gasteiger partial charge on any atom is 0.330 e. The number of aromatic amines is 1. The number of hydrogen-bond acceptors (Lipinski definition) is 5. The molecule has 0 aliphatic heterocycles. The molecular weight excluding hydrogens is 428 g/mol. The fraction of sp³-hybridized carbons (Fsp3) is 0.370. The van der Waals surface area contributed by atoms with E-state index in [1.165, 1.54) is 12.8 Å². The normalized spacial score (nSPS) is 16.1. The maximum absolute atomic E-state index is 13.0. The monoisotopic (exact) mass is 460 g/mol. The molecule has 1 aromatic heterocycles. The number of rotatable bonds is 8. The summed E-state index contributed by atoms with van der Waals surface area (Å²) in [6.45, 7) is 0.819. The molecule has 0 radical (unpaired) electrons. The molecule has 2 aliphatic carbocycles. The van der Waals surface area contributed by atoms with Crippen molar-refractivity contribution in [2.24, 2.45) is 10.9 Å². The molecule has 0 bridgehead atoms. The topological polar surface area (TPSA) is 79.7 Å². The van der Waals surface area contributed by atoms with Crippen LogP contribution in [0.2, 0.25) is 0 Å². The van der Waals surface area contributed by atoms with Crippen LogP contribution in [0.1, 0.15) is 37.7 Å². The minimum absolute atomic E-state index is 0.295. The van der Waals surface area contributed by atoms with Crippen LogP contribution in [0.25, 0.3) is 0 Å². The number of hydrogen-bond donors (Lipinski definition) is 1. The van der Waals surface area contributed by atoms with Gasteiger partial charge in [0.1, 0.15) is 11.4 Å². The Hall–Kier alpha value is -3.61. The van der Waals surface area contributed by atoms with Crippen LogP contribution in [0.3, 0.4) is 0 Å². The molecule has 1 fully saturated rings. The minimum Gasteiger partial charge on any atom is -0.497 e. The molecule has 0 spiro atoms. The van der Waals surface area contributed by atoms with Gasteiger partial charge < -0.3 is 9.64 Å². The number of benzene rings is 1. The van der Waals surface area contributed by atoms with Crippen molar-refractivity contribution in [3.05, 3.63) is 86.6 Å². The highest BCUT2D eigenvalue weighted by Crippen LogP contribution is 2.28. The van der Waals surface area contributed by atoms with Gasteiger partial charge in [-0.1, -0.05) is 55.4 Å². The number of allylic oxidation sites excluding steroid dienone is 4. The van der Waals surface area contributed by atoms with E-state index in [1.807, 2.05) is 54.6 Å². The van der Waals surface area contributed by atoms with Gasteiger partial charge in [-0.05, 0) is 48.4 Å². The summed E-state index contributed by atoms with van der Waals surface area (Å²) in [6.07, 6.45) is 17.7. The van der Waals surface area contributed by atoms with E-state index in [0.717, 1.165) is 36.1 Å². The van der Waals surface area contributed by atoms with Gasteiger partial charge in [0, 0.05) is 19.8 Å². The van der Waals surface area contributed by atoms with Gasteiger partial charge in [0.05, 0.1) is 13.7 Å². The molecule has 1 N–H and O–H groups in total. The summed E-state index contributed by atoms with van der Waals surface area (Å²) in [7, 11) is 3.48. The van der Waals surface area contributed by atoms with Crippen LogP contribution in [0.5, 0.6) is 5.75 Å². The predicted octanol–water partition coefficient (Wildman–Crippen LogP) is 4.36. The third kappa shape index (κ3) is 5.65. The third-order valence-electron chi connectivity index (χ3n) is 6.31. The summed E-state index contributed by atoms with van der Waals surface area (Å²) in [4.78, 5) is 35.2. The molecule has 0 atom stereocenters. The molecule has 1 aromatic carbocycles. The van der Waals surface area contributed by atoms with Gasteiger partial charge in [-0.2, -0.15) is 0 Å². The van der Waals surface area contributed by atoms with Gasteiger partial charge in [-0.25, -0.2) is 9.79 Å². The fourth-order valence-corrected chi connectivity index (χ4v) is 4.45. The number of H-pyrrole nitrogens is 1. The Morgan fingerprint density at radius 2 is 1.94 bits per heavy atom. The van der Waals surface area contributed by atoms with Crippen LogP contribution >= 0.6 is 0 Å². The lowest BCUT2D eigenvalue weighted by atomic mass is 10.1. The SMILES string of the molecule is COc1ccc(Cn2c(/N=C/C3CCCC3)c(N(C)CC3=CC=CCC=C3)c(=O)[nH]c2=O)cc1. The van der Waals surface area contributed by atoms with E-state index < -0.39 is 11.2 Å². The Morgan fingerprint density at radius 3 is 2.68 bits per heavy atom. The molecular formula is C27H32N4O3. The molecule has 7 nitrogen and oxygen atoms in total. The Balaban J connectivity index is 1.75. The summed E-state index contributed by atoms with van der Waals surface area (Å²) in [6, 6.07) is 7.55. The molecule has 7 heteroatoms. The second-order valence-corrected chi connectivity index (χ2v) is 8.85. The average Bonchev–Trinajstić information content (AvgIpc) is 3.23. The van der Waals surface area contributed by atoms with Crippen LogP contribution in [0.15, 0.2) is 74.8 Å². The summed E-state index contributed by atoms with van der Waals surface area (Å²) in [5, 5.41) is 0. The highest BCUT2D eigenvalue weighted by Gasteiger charge is 2.20. The van der Waals surface area contributed by atoms with Crippen molar-refractivity contribution in [3.63, 3.8) is 0 Å². The first-order valence-electron chi connectivity index (χ1n) is 11.8. The number of anilines is 1. The first-order chi connectivity index (χ1) is 16.5. The summed E-state index contributed by atoms with van der Waals surface area (Å²) < 4.78 is 6.80. The van der Waals surface area contributed by atoms with Gasteiger partial charge in [-0.15, -0.1) is 0 Å². The molecule has 178 valence electrons. The first kappa shape index (κ1) is 23.5. The Kier molecular flexibility index (Phi) is 7.62. The molecule has 0 amide bonds. The molecule has 0 saturated heterocycles. The van der Waals surface area contributed by atoms with E-state index in [4.69, 9.17) is 9.73 Å². The van der Waals surface area contributed by atoms with Crippen molar-refractivity contribution in [2.75, 3.05) is 25.6 Å². The van der Waals surface area contributed by atoms with Crippen molar-refractivity contribution in [1.29, 1.82) is 0 Å². The Bertz CT molecular complexity index is 1230. The Labute approximate surface area is 199 Å². The summed E-state index contributed by atoms with van der Waals surface area (Å²) in [5.41, 5.74) is 1.50. The van der Waals surface area contributed by atoms with Crippen molar-refractivity contribution < 1.29 is 4.74 Å². The largest absolute Gasteiger partial charge is 0.497 e. The lowest BCUT2D eigenvalue weighted by molar-refractivity contribution is 0.414. The van der Waals surface area contributed by atoms with E-state index >= 15 is 0 Å². The zero-order valence-electron chi connectivity index (χ0n) is 19.9. The number of aliphatic imine (C=N–C) groups is 1. The van der Waals surface area contributed by atoms with Gasteiger partial charge in [-0.3, -0.25) is 14.3 Å². The molecule has 2 aliphatic rings.